The van der Waals surface area contributed by atoms with Crippen LogP contribution in [0.15, 0.2) is 30.0 Å². The van der Waals surface area contributed by atoms with Gasteiger partial charge in [-0.2, -0.15) is 48.3 Å². The van der Waals surface area contributed by atoms with Crippen molar-refractivity contribution in [1.29, 1.82) is 0 Å². The molecule has 0 saturated carbocycles. The van der Waals surface area contributed by atoms with Gasteiger partial charge in [0.25, 0.3) is 0 Å². The lowest BCUT2D eigenvalue weighted by Gasteiger charge is -2.32. The number of hydrogen-bond acceptors (Lipinski definition) is 3. The van der Waals surface area contributed by atoms with E-state index in [9.17, 15) is 53.1 Å². The number of allylic oxidation sites excluding steroid dienone is 1. The number of rotatable bonds is 7. The molecule has 1 rings (SSSR count). The first kappa shape index (κ1) is 24.3. The van der Waals surface area contributed by atoms with Crippen molar-refractivity contribution in [2.75, 3.05) is 7.11 Å². The van der Waals surface area contributed by atoms with Crippen molar-refractivity contribution in [3.8, 4) is 11.5 Å². The number of alkyl halides is 9. The summed E-state index contributed by atoms with van der Waals surface area (Å²) in [5, 5.41) is 8.86. The molecule has 0 bridgehead atoms. The van der Waals surface area contributed by atoms with E-state index in [0.29, 0.717) is 12.1 Å². The number of aromatic carboxylic acids is 1. The van der Waals surface area contributed by atoms with Crippen LogP contribution in [0.4, 0.5) is 48.3 Å². The molecule has 164 valence electrons. The molecule has 15 heteroatoms. The predicted molar refractivity (Wildman–Crippen MR) is 70.7 cm³/mol. The molecule has 0 spiro atoms. The first-order valence-electron chi connectivity index (χ1n) is 6.77. The Bertz CT molecular complexity index is 814. The van der Waals surface area contributed by atoms with Gasteiger partial charge >= 0.3 is 35.9 Å². The fourth-order valence-corrected chi connectivity index (χ4v) is 1.67. The lowest BCUT2D eigenvalue weighted by atomic mass is 10.0. The van der Waals surface area contributed by atoms with Crippen molar-refractivity contribution in [3.05, 3.63) is 35.6 Å². The summed E-state index contributed by atoms with van der Waals surface area (Å²) in [6.45, 7) is 0. The van der Waals surface area contributed by atoms with E-state index in [-0.39, 0.29) is 5.75 Å². The normalized spacial score (nSPS) is 14.3. The molecule has 0 saturated heterocycles. The molecular formula is C14H7F11O4. The molecule has 0 aliphatic rings. The number of carbonyl (C=O) groups is 1. The summed E-state index contributed by atoms with van der Waals surface area (Å²) < 4.78 is 149. The topological polar surface area (TPSA) is 55.8 Å². The van der Waals surface area contributed by atoms with E-state index < -0.39 is 53.1 Å². The van der Waals surface area contributed by atoms with Crippen LogP contribution in [-0.2, 0) is 0 Å². The summed E-state index contributed by atoms with van der Waals surface area (Å²) in [6.07, 6.45) is -7.25. The molecule has 0 atom stereocenters. The Balaban J connectivity index is 3.44. The Hall–Kier alpha value is -2.74. The number of benzene rings is 1. The van der Waals surface area contributed by atoms with E-state index in [1.165, 1.54) is 0 Å². The molecule has 0 aromatic heterocycles. The van der Waals surface area contributed by atoms with Gasteiger partial charge in [0.2, 0.25) is 5.83 Å². The van der Waals surface area contributed by atoms with Gasteiger partial charge in [-0.3, -0.25) is 0 Å². The van der Waals surface area contributed by atoms with Gasteiger partial charge in [0.15, 0.2) is 0 Å². The zero-order valence-corrected chi connectivity index (χ0v) is 13.6. The average Bonchev–Trinajstić information content (AvgIpc) is 2.59. The van der Waals surface area contributed by atoms with Gasteiger partial charge < -0.3 is 14.6 Å². The van der Waals surface area contributed by atoms with Gasteiger partial charge in [0.1, 0.15) is 17.1 Å². The molecule has 4 nitrogen and oxygen atoms in total. The number of carboxylic acids is 1. The summed E-state index contributed by atoms with van der Waals surface area (Å²) in [4.78, 5) is 11.0. The van der Waals surface area contributed by atoms with Crippen molar-refractivity contribution in [1.82, 2.24) is 0 Å². The van der Waals surface area contributed by atoms with Gasteiger partial charge in [0, 0.05) is 0 Å². The van der Waals surface area contributed by atoms with Gasteiger partial charge in [-0.1, -0.05) is 0 Å². The first-order valence-corrected chi connectivity index (χ1v) is 6.77. The molecule has 1 aromatic rings. The minimum absolute atomic E-state index is 0.221. The zero-order valence-electron chi connectivity index (χ0n) is 13.6. The lowest BCUT2D eigenvalue weighted by molar-refractivity contribution is -0.392. The van der Waals surface area contributed by atoms with Crippen LogP contribution in [0, 0.1) is 0 Å². The molecule has 0 amide bonds. The third-order valence-electron chi connectivity index (χ3n) is 3.21. The van der Waals surface area contributed by atoms with Crippen molar-refractivity contribution in [3.63, 3.8) is 0 Å². The van der Waals surface area contributed by atoms with Crippen LogP contribution < -0.4 is 9.47 Å². The quantitative estimate of drug-likeness (QED) is 0.452. The second kappa shape index (κ2) is 7.59. The van der Waals surface area contributed by atoms with E-state index in [4.69, 9.17) is 5.11 Å². The van der Waals surface area contributed by atoms with E-state index in [0.717, 1.165) is 13.2 Å². The fourth-order valence-electron chi connectivity index (χ4n) is 1.67. The van der Waals surface area contributed by atoms with Crippen molar-refractivity contribution in [2.45, 2.75) is 23.9 Å². The summed E-state index contributed by atoms with van der Waals surface area (Å²) >= 11 is 0. The highest BCUT2D eigenvalue weighted by Crippen LogP contribution is 2.55. The monoisotopic (exact) mass is 448 g/mol. The standard InChI is InChI=1S/C14H7F11O4/c1-28-5-2-3-7(6(4-5)10(26)27)29-9(16)8(15)11(17,18)12(19,20)13(21,22)14(23,24)25/h2-4H,1H3,(H,26,27). The number of methoxy groups -OCH3 is 1. The summed E-state index contributed by atoms with van der Waals surface area (Å²) in [5.41, 5.74) is -1.08. The molecule has 0 unspecified atom stereocenters. The highest BCUT2D eigenvalue weighted by molar-refractivity contribution is 5.91. The lowest BCUT2D eigenvalue weighted by Crippen LogP contribution is -2.61. The minimum atomic E-state index is -7.47. The van der Waals surface area contributed by atoms with E-state index in [1.54, 1.807) is 0 Å². The Morgan fingerprint density at radius 2 is 1.45 bits per heavy atom. The Morgan fingerprint density at radius 1 is 0.931 bits per heavy atom. The summed E-state index contributed by atoms with van der Waals surface area (Å²) in [6, 6.07) is -1.49. The highest BCUT2D eigenvalue weighted by atomic mass is 19.4. The number of halogens is 11. The highest BCUT2D eigenvalue weighted by Gasteiger charge is 2.83. The second-order valence-electron chi connectivity index (χ2n) is 5.08. The average molecular weight is 448 g/mol. The number of ether oxygens (including phenoxy) is 2. The molecule has 29 heavy (non-hydrogen) atoms. The Kier molecular flexibility index (Phi) is 6.36. The Labute approximate surface area is 153 Å². The minimum Gasteiger partial charge on any atom is -0.497 e. The van der Waals surface area contributed by atoms with E-state index in [1.807, 2.05) is 0 Å². The molecule has 0 fully saturated rings. The van der Waals surface area contributed by atoms with Crippen LogP contribution in [0.2, 0.25) is 0 Å². The maximum absolute atomic E-state index is 13.5. The Morgan fingerprint density at radius 3 is 1.86 bits per heavy atom. The van der Waals surface area contributed by atoms with Gasteiger partial charge in [-0.05, 0) is 18.2 Å². The molecule has 0 aliphatic heterocycles. The molecule has 1 N–H and O–H groups in total. The second-order valence-corrected chi connectivity index (χ2v) is 5.08. The van der Waals surface area contributed by atoms with Crippen LogP contribution in [0.1, 0.15) is 10.4 Å². The van der Waals surface area contributed by atoms with Crippen LogP contribution in [-0.4, -0.2) is 42.1 Å². The van der Waals surface area contributed by atoms with E-state index >= 15 is 0 Å². The molecular weight excluding hydrogens is 441 g/mol. The van der Waals surface area contributed by atoms with Crippen molar-refractivity contribution < 1.29 is 67.7 Å². The molecule has 0 radical (unpaired) electrons. The maximum Gasteiger partial charge on any atom is 0.460 e. The number of hydrogen-bond donors (Lipinski definition) is 1. The molecule has 0 heterocycles. The van der Waals surface area contributed by atoms with Gasteiger partial charge in [-0.25, -0.2) is 4.79 Å². The van der Waals surface area contributed by atoms with Gasteiger partial charge in [-0.15, -0.1) is 0 Å². The third-order valence-corrected chi connectivity index (χ3v) is 3.21. The SMILES string of the molecule is COc1ccc(OC(F)=C(F)C(F)(F)C(F)(F)C(F)(F)C(F)(F)F)c(C(=O)O)c1. The van der Waals surface area contributed by atoms with Crippen LogP contribution in [0.5, 0.6) is 11.5 Å². The van der Waals surface area contributed by atoms with Crippen LogP contribution in [0.25, 0.3) is 0 Å². The predicted octanol–water partition coefficient (Wildman–Crippen LogP) is 5.35. The first-order chi connectivity index (χ1) is 12.9. The summed E-state index contributed by atoms with van der Waals surface area (Å²) in [5.74, 6) is -29.5. The largest absolute Gasteiger partial charge is 0.497 e. The fraction of sp³-hybridized carbons (Fsp3) is 0.357. The third kappa shape index (κ3) is 4.17. The van der Waals surface area contributed by atoms with E-state index in [2.05, 4.69) is 9.47 Å². The molecule has 0 aliphatic carbocycles. The smallest absolute Gasteiger partial charge is 0.460 e. The van der Waals surface area contributed by atoms with Crippen molar-refractivity contribution >= 4 is 5.97 Å². The maximum atomic E-state index is 13.5. The zero-order chi connectivity index (χ0) is 23.0. The van der Waals surface area contributed by atoms with Crippen LogP contribution >= 0.6 is 0 Å². The molecule has 1 aromatic carbocycles. The van der Waals surface area contributed by atoms with Crippen molar-refractivity contribution in [2.24, 2.45) is 0 Å². The van der Waals surface area contributed by atoms with Crippen LogP contribution in [0.3, 0.4) is 0 Å². The van der Waals surface area contributed by atoms with Gasteiger partial charge in [0.05, 0.1) is 7.11 Å². The number of carboxylic acid groups (broad SMARTS) is 1. The summed E-state index contributed by atoms with van der Waals surface area (Å²) in [7, 11) is 1.03.